The van der Waals surface area contributed by atoms with Gasteiger partial charge in [-0.25, -0.2) is 13.2 Å². The summed E-state index contributed by atoms with van der Waals surface area (Å²) in [6.45, 7) is 0.198. The van der Waals surface area contributed by atoms with Crippen LogP contribution in [-0.4, -0.2) is 42.4 Å². The van der Waals surface area contributed by atoms with Crippen molar-refractivity contribution in [1.29, 1.82) is 0 Å². The van der Waals surface area contributed by atoms with E-state index in [1.165, 1.54) is 4.90 Å². The molecular formula is C13H16ClNO4S. The average Bonchev–Trinajstić information content (AvgIpc) is 2.38. The average molecular weight is 318 g/mol. The molecule has 5 nitrogen and oxygen atoms in total. The van der Waals surface area contributed by atoms with Crippen molar-refractivity contribution < 1.29 is 18.3 Å². The Balaban J connectivity index is 2.17. The van der Waals surface area contributed by atoms with Gasteiger partial charge in [0.15, 0.2) is 0 Å². The highest BCUT2D eigenvalue weighted by molar-refractivity contribution is 8.14. The summed E-state index contributed by atoms with van der Waals surface area (Å²) >= 11 is 0. The Morgan fingerprint density at radius 2 is 2.00 bits per heavy atom. The van der Waals surface area contributed by atoms with Gasteiger partial charge < -0.3 is 10.0 Å². The molecule has 2 rings (SSSR count). The van der Waals surface area contributed by atoms with Crippen molar-refractivity contribution in [2.75, 3.05) is 6.54 Å². The van der Waals surface area contributed by atoms with Gasteiger partial charge in [0.25, 0.3) is 0 Å². The Kier molecular flexibility index (Phi) is 4.55. The van der Waals surface area contributed by atoms with Crippen LogP contribution in [0.3, 0.4) is 0 Å². The summed E-state index contributed by atoms with van der Waals surface area (Å²) in [5, 5.41) is 8.55. The molecule has 1 heterocycles. The Bertz CT molecular complexity index is 575. The van der Waals surface area contributed by atoms with Gasteiger partial charge in [-0.1, -0.05) is 30.3 Å². The molecule has 0 spiro atoms. The molecule has 1 amide bonds. The first kappa shape index (κ1) is 15.1. The van der Waals surface area contributed by atoms with Crippen molar-refractivity contribution in [3.63, 3.8) is 0 Å². The van der Waals surface area contributed by atoms with Crippen molar-refractivity contribution >= 4 is 25.8 Å². The monoisotopic (exact) mass is 317 g/mol. The molecule has 1 aromatic carbocycles. The number of hydrogen-bond acceptors (Lipinski definition) is 3. The zero-order valence-electron chi connectivity index (χ0n) is 10.8. The fourth-order valence-corrected chi connectivity index (χ4v) is 3.93. The fourth-order valence-electron chi connectivity index (χ4n) is 2.60. The summed E-state index contributed by atoms with van der Waals surface area (Å²) in [5.74, 6) is 0. The van der Waals surface area contributed by atoms with Crippen molar-refractivity contribution in [2.24, 2.45) is 0 Å². The van der Waals surface area contributed by atoms with Crippen LogP contribution in [0.2, 0.25) is 0 Å². The number of amides is 1. The minimum atomic E-state index is -3.65. The smallest absolute Gasteiger partial charge is 0.407 e. The molecule has 2 atom stereocenters. The highest BCUT2D eigenvalue weighted by atomic mass is 35.7. The number of hydrogen-bond donors (Lipinski definition) is 1. The molecule has 1 fully saturated rings. The first-order valence-electron chi connectivity index (χ1n) is 6.35. The SMILES string of the molecule is O=C(O)N1CCC(S(=O)(=O)Cl)CC1Cc1ccccc1. The number of likely N-dealkylation sites (tertiary alicyclic amines) is 1. The first-order chi connectivity index (χ1) is 9.38. The summed E-state index contributed by atoms with van der Waals surface area (Å²) < 4.78 is 22.9. The zero-order chi connectivity index (χ0) is 14.8. The van der Waals surface area contributed by atoms with E-state index in [1.54, 1.807) is 0 Å². The minimum Gasteiger partial charge on any atom is -0.465 e. The fraction of sp³-hybridized carbons (Fsp3) is 0.462. The van der Waals surface area contributed by atoms with E-state index in [-0.39, 0.29) is 25.4 Å². The van der Waals surface area contributed by atoms with E-state index in [9.17, 15) is 18.3 Å². The van der Waals surface area contributed by atoms with Gasteiger partial charge in [0.2, 0.25) is 9.05 Å². The molecule has 0 aromatic heterocycles. The Morgan fingerprint density at radius 3 is 2.55 bits per heavy atom. The number of rotatable bonds is 3. The lowest BCUT2D eigenvalue weighted by Gasteiger charge is -2.36. The maximum atomic E-state index is 11.5. The van der Waals surface area contributed by atoms with Crippen LogP contribution < -0.4 is 0 Å². The van der Waals surface area contributed by atoms with Gasteiger partial charge in [-0.3, -0.25) is 0 Å². The van der Waals surface area contributed by atoms with Crippen molar-refractivity contribution in [3.8, 4) is 0 Å². The van der Waals surface area contributed by atoms with Crippen LogP contribution in [0.15, 0.2) is 30.3 Å². The molecule has 2 unspecified atom stereocenters. The number of piperidine rings is 1. The van der Waals surface area contributed by atoms with Crippen molar-refractivity contribution in [1.82, 2.24) is 4.90 Å². The molecule has 1 N–H and O–H groups in total. The Labute approximate surface area is 122 Å². The van der Waals surface area contributed by atoms with Crippen LogP contribution >= 0.6 is 10.7 Å². The third-order valence-electron chi connectivity index (χ3n) is 3.63. The minimum absolute atomic E-state index is 0.198. The van der Waals surface area contributed by atoms with Crippen LogP contribution in [0.1, 0.15) is 18.4 Å². The number of benzene rings is 1. The van der Waals surface area contributed by atoms with Gasteiger partial charge in [-0.2, -0.15) is 0 Å². The number of carbonyl (C=O) groups is 1. The van der Waals surface area contributed by atoms with E-state index in [2.05, 4.69) is 0 Å². The van der Waals surface area contributed by atoms with Gasteiger partial charge in [0, 0.05) is 23.3 Å². The lowest BCUT2D eigenvalue weighted by molar-refractivity contribution is 0.107. The van der Waals surface area contributed by atoms with Crippen LogP contribution in [0.25, 0.3) is 0 Å². The van der Waals surface area contributed by atoms with Crippen molar-refractivity contribution in [3.05, 3.63) is 35.9 Å². The van der Waals surface area contributed by atoms with Crippen LogP contribution in [-0.2, 0) is 15.5 Å². The maximum Gasteiger partial charge on any atom is 0.407 e. The van der Waals surface area contributed by atoms with E-state index >= 15 is 0 Å². The van der Waals surface area contributed by atoms with E-state index in [4.69, 9.17) is 10.7 Å². The van der Waals surface area contributed by atoms with Gasteiger partial charge in [-0.15, -0.1) is 0 Å². The molecule has 0 aliphatic carbocycles. The highest BCUT2D eigenvalue weighted by Crippen LogP contribution is 2.27. The molecule has 1 aromatic rings. The summed E-state index contributed by atoms with van der Waals surface area (Å²) in [4.78, 5) is 12.6. The third-order valence-corrected chi connectivity index (χ3v) is 5.61. The molecule has 7 heteroatoms. The van der Waals surface area contributed by atoms with E-state index in [1.807, 2.05) is 30.3 Å². The molecule has 0 bridgehead atoms. The maximum absolute atomic E-state index is 11.5. The second-order valence-corrected chi connectivity index (χ2v) is 7.85. The molecule has 0 saturated carbocycles. The number of nitrogens with zero attached hydrogens (tertiary/aromatic N) is 1. The van der Waals surface area contributed by atoms with E-state index in [0.717, 1.165) is 5.56 Å². The predicted molar refractivity (Wildman–Crippen MR) is 76.5 cm³/mol. The second kappa shape index (κ2) is 6.01. The van der Waals surface area contributed by atoms with E-state index in [0.29, 0.717) is 6.42 Å². The molecule has 0 radical (unpaired) electrons. The topological polar surface area (TPSA) is 74.7 Å². The molecule has 1 aliphatic heterocycles. The molecular weight excluding hydrogens is 302 g/mol. The van der Waals surface area contributed by atoms with Crippen LogP contribution in [0.4, 0.5) is 4.79 Å². The Morgan fingerprint density at radius 1 is 1.35 bits per heavy atom. The number of carboxylic acid groups (broad SMARTS) is 1. The molecule has 1 saturated heterocycles. The van der Waals surface area contributed by atoms with Gasteiger partial charge in [0.05, 0.1) is 5.25 Å². The van der Waals surface area contributed by atoms with Crippen LogP contribution in [0, 0.1) is 0 Å². The summed E-state index contributed by atoms with van der Waals surface area (Å²) in [7, 11) is 1.77. The normalized spacial score (nSPS) is 23.6. The lowest BCUT2D eigenvalue weighted by atomic mass is 9.95. The summed E-state index contributed by atoms with van der Waals surface area (Å²) in [5.41, 5.74) is 0.983. The summed E-state index contributed by atoms with van der Waals surface area (Å²) in [6.07, 6.45) is -0.0247. The van der Waals surface area contributed by atoms with Gasteiger partial charge in [0.1, 0.15) is 0 Å². The standard InChI is InChI=1S/C13H16ClNO4S/c14-20(18,19)12-6-7-15(13(16)17)11(9-12)8-10-4-2-1-3-5-10/h1-5,11-12H,6-9H2,(H,16,17). The van der Waals surface area contributed by atoms with E-state index < -0.39 is 20.4 Å². The Hall–Kier alpha value is -1.27. The quantitative estimate of drug-likeness (QED) is 0.868. The van der Waals surface area contributed by atoms with Gasteiger partial charge in [-0.05, 0) is 24.8 Å². The largest absolute Gasteiger partial charge is 0.465 e. The third kappa shape index (κ3) is 3.64. The lowest BCUT2D eigenvalue weighted by Crippen LogP contribution is -2.49. The zero-order valence-corrected chi connectivity index (χ0v) is 12.3. The van der Waals surface area contributed by atoms with Crippen LogP contribution in [0.5, 0.6) is 0 Å². The first-order valence-corrected chi connectivity index (χ1v) is 8.72. The number of halogens is 1. The summed E-state index contributed by atoms with van der Waals surface area (Å²) in [6, 6.07) is 9.07. The predicted octanol–water partition coefficient (Wildman–Crippen LogP) is 2.31. The molecule has 110 valence electrons. The van der Waals surface area contributed by atoms with Crippen molar-refractivity contribution in [2.45, 2.75) is 30.6 Å². The molecule has 20 heavy (non-hydrogen) atoms. The second-order valence-electron chi connectivity index (χ2n) is 4.94. The molecule has 1 aliphatic rings. The van der Waals surface area contributed by atoms with Gasteiger partial charge >= 0.3 is 6.09 Å². The highest BCUT2D eigenvalue weighted by Gasteiger charge is 2.36.